The highest BCUT2D eigenvalue weighted by molar-refractivity contribution is 5.93. The van der Waals surface area contributed by atoms with Crippen LogP contribution in [0.1, 0.15) is 30.9 Å². The second-order valence-electron chi connectivity index (χ2n) is 5.10. The van der Waals surface area contributed by atoms with Crippen molar-refractivity contribution >= 4 is 12.0 Å². The maximum absolute atomic E-state index is 12.8. The molecule has 6 heteroatoms. The number of aliphatic hydroxyl groups excluding tert-OH is 1. The topological polar surface area (TPSA) is 66.8 Å². The molecule has 2 atom stereocenters. The molecule has 2 amide bonds. The Morgan fingerprint density at radius 2 is 2.18 bits per heavy atom. The predicted molar refractivity (Wildman–Crippen MR) is 77.4 cm³/mol. The Morgan fingerprint density at radius 1 is 1.50 bits per heavy atom. The van der Waals surface area contributed by atoms with E-state index < -0.39 is 18.2 Å². The van der Waals surface area contributed by atoms with Gasteiger partial charge in [0, 0.05) is 6.42 Å². The highest BCUT2D eigenvalue weighted by Crippen LogP contribution is 2.21. The summed E-state index contributed by atoms with van der Waals surface area (Å²) in [6, 6.07) is 5.14. The number of cyclic esters (lactones) is 1. The number of amides is 2. The maximum atomic E-state index is 12.8. The Balaban J connectivity index is 1.82. The van der Waals surface area contributed by atoms with Crippen LogP contribution in [0.15, 0.2) is 36.9 Å². The summed E-state index contributed by atoms with van der Waals surface area (Å²) in [6.45, 7) is 3.70. The monoisotopic (exact) mass is 307 g/mol. The van der Waals surface area contributed by atoms with Gasteiger partial charge in [-0.3, -0.25) is 4.79 Å². The molecule has 1 fully saturated rings. The molecule has 1 aliphatic heterocycles. The van der Waals surface area contributed by atoms with Crippen molar-refractivity contribution in [1.82, 2.24) is 4.90 Å². The Labute approximate surface area is 128 Å². The number of imide groups is 1. The summed E-state index contributed by atoms with van der Waals surface area (Å²) in [5.41, 5.74) is 0.596. The van der Waals surface area contributed by atoms with Crippen LogP contribution in [-0.4, -0.2) is 34.7 Å². The lowest BCUT2D eigenvalue weighted by atomic mass is 10.0. The van der Waals surface area contributed by atoms with Crippen molar-refractivity contribution in [2.45, 2.75) is 31.4 Å². The fourth-order valence-electron chi connectivity index (χ4n) is 2.32. The van der Waals surface area contributed by atoms with Gasteiger partial charge in [-0.25, -0.2) is 14.1 Å². The van der Waals surface area contributed by atoms with Crippen LogP contribution in [0.3, 0.4) is 0 Å². The van der Waals surface area contributed by atoms with Crippen molar-refractivity contribution in [1.29, 1.82) is 0 Å². The highest BCUT2D eigenvalue weighted by atomic mass is 19.1. The fraction of sp³-hybridized carbons (Fsp3) is 0.375. The number of rotatable bonds is 6. The largest absolute Gasteiger partial charge is 0.447 e. The average Bonchev–Trinajstić information content (AvgIpc) is 2.88. The normalized spacial score (nSPS) is 18.9. The Morgan fingerprint density at radius 3 is 2.82 bits per heavy atom. The van der Waals surface area contributed by atoms with Gasteiger partial charge >= 0.3 is 6.09 Å². The molecule has 22 heavy (non-hydrogen) atoms. The predicted octanol–water partition coefficient (Wildman–Crippen LogP) is 2.56. The summed E-state index contributed by atoms with van der Waals surface area (Å²) >= 11 is 0. The number of ether oxygens (including phenoxy) is 1. The third-order valence-corrected chi connectivity index (χ3v) is 3.57. The smallest absolute Gasteiger partial charge is 0.417 e. The van der Waals surface area contributed by atoms with Crippen LogP contribution in [0.25, 0.3) is 0 Å². The van der Waals surface area contributed by atoms with E-state index in [1.54, 1.807) is 0 Å². The first kappa shape index (κ1) is 16.2. The lowest BCUT2D eigenvalue weighted by Crippen LogP contribution is -2.37. The van der Waals surface area contributed by atoms with Gasteiger partial charge in [0.05, 0.1) is 12.1 Å². The molecule has 1 saturated heterocycles. The van der Waals surface area contributed by atoms with Crippen LogP contribution in [0.2, 0.25) is 0 Å². The number of halogens is 1. The number of hydrogen-bond acceptors (Lipinski definition) is 4. The van der Waals surface area contributed by atoms with Crippen molar-refractivity contribution in [3.05, 3.63) is 48.3 Å². The minimum absolute atomic E-state index is 0.123. The fourth-order valence-corrected chi connectivity index (χ4v) is 2.32. The first-order valence-corrected chi connectivity index (χ1v) is 7.08. The number of nitrogens with zero attached hydrogens (tertiary/aromatic N) is 1. The van der Waals surface area contributed by atoms with Gasteiger partial charge < -0.3 is 9.84 Å². The molecule has 5 nitrogen and oxygen atoms in total. The summed E-state index contributed by atoms with van der Waals surface area (Å²) in [5, 5.41) is 9.98. The Hall–Kier alpha value is -2.21. The van der Waals surface area contributed by atoms with E-state index in [-0.39, 0.29) is 24.8 Å². The van der Waals surface area contributed by atoms with Crippen molar-refractivity contribution in [3.8, 4) is 0 Å². The molecule has 118 valence electrons. The summed E-state index contributed by atoms with van der Waals surface area (Å²) in [4.78, 5) is 24.6. The lowest BCUT2D eigenvalue weighted by Gasteiger charge is -2.17. The molecule has 0 aromatic heterocycles. The van der Waals surface area contributed by atoms with Gasteiger partial charge in [-0.15, -0.1) is 6.58 Å². The zero-order valence-electron chi connectivity index (χ0n) is 12.1. The summed E-state index contributed by atoms with van der Waals surface area (Å²) in [5.74, 6) is -0.715. The molecule has 1 aliphatic rings. The lowest BCUT2D eigenvalue weighted by molar-refractivity contribution is -0.128. The second-order valence-corrected chi connectivity index (χ2v) is 5.10. The zero-order valence-corrected chi connectivity index (χ0v) is 12.1. The molecule has 0 radical (unpaired) electrons. The number of hydrogen-bond donors (Lipinski definition) is 1. The molecule has 0 unspecified atom stereocenters. The van der Waals surface area contributed by atoms with Crippen LogP contribution < -0.4 is 0 Å². The van der Waals surface area contributed by atoms with Crippen molar-refractivity contribution in [3.63, 3.8) is 0 Å². The van der Waals surface area contributed by atoms with E-state index in [0.29, 0.717) is 18.4 Å². The van der Waals surface area contributed by atoms with Gasteiger partial charge in [-0.05, 0) is 30.5 Å². The number of carbonyl (C=O) groups is 2. The van der Waals surface area contributed by atoms with E-state index in [1.807, 2.05) is 0 Å². The van der Waals surface area contributed by atoms with Crippen LogP contribution in [0.4, 0.5) is 9.18 Å². The van der Waals surface area contributed by atoms with E-state index in [1.165, 1.54) is 30.3 Å². The molecule has 1 aromatic rings. The quantitative estimate of drug-likeness (QED) is 0.820. The Bertz CT molecular complexity index is 558. The zero-order chi connectivity index (χ0) is 16.1. The third-order valence-electron chi connectivity index (χ3n) is 3.57. The van der Waals surface area contributed by atoms with E-state index in [9.17, 15) is 19.1 Å². The van der Waals surface area contributed by atoms with E-state index in [0.717, 1.165) is 4.90 Å². The molecular weight excluding hydrogens is 289 g/mol. The molecule has 0 aliphatic carbocycles. The van der Waals surface area contributed by atoms with Crippen LogP contribution in [0, 0.1) is 5.82 Å². The first-order chi connectivity index (χ1) is 10.5. The van der Waals surface area contributed by atoms with Crippen LogP contribution in [-0.2, 0) is 9.53 Å². The van der Waals surface area contributed by atoms with Gasteiger partial charge in [0.2, 0.25) is 5.91 Å². The minimum atomic E-state index is -0.769. The van der Waals surface area contributed by atoms with Crippen LogP contribution >= 0.6 is 0 Å². The van der Waals surface area contributed by atoms with Gasteiger partial charge in [-0.1, -0.05) is 18.2 Å². The molecule has 0 saturated carbocycles. The third kappa shape index (κ3) is 3.71. The van der Waals surface area contributed by atoms with Gasteiger partial charge in [0.1, 0.15) is 12.4 Å². The van der Waals surface area contributed by atoms with E-state index >= 15 is 0 Å². The average molecular weight is 307 g/mol. The highest BCUT2D eigenvalue weighted by Gasteiger charge is 2.35. The molecule has 1 heterocycles. The van der Waals surface area contributed by atoms with Gasteiger partial charge in [0.15, 0.2) is 0 Å². The molecular formula is C16H18FNO4. The number of aliphatic hydroxyl groups is 1. The molecule has 0 bridgehead atoms. The summed E-state index contributed by atoms with van der Waals surface area (Å²) in [6.07, 6.45) is 0.945. The van der Waals surface area contributed by atoms with Crippen molar-refractivity contribution in [2.75, 3.05) is 6.61 Å². The SMILES string of the molecule is C=C[C@H]1COC(=O)N1C(=O)CCC[C@H](O)c1ccc(F)cc1. The second kappa shape index (κ2) is 7.17. The summed E-state index contributed by atoms with van der Waals surface area (Å²) in [7, 11) is 0. The maximum Gasteiger partial charge on any atom is 0.417 e. The van der Waals surface area contributed by atoms with E-state index in [2.05, 4.69) is 6.58 Å². The van der Waals surface area contributed by atoms with Crippen molar-refractivity contribution < 1.29 is 23.8 Å². The standard InChI is InChI=1S/C16H18FNO4/c1-2-13-10-22-16(21)18(13)15(20)5-3-4-14(19)11-6-8-12(17)9-7-11/h2,6-9,13-14,19H,1,3-5,10H2/t13-,14-/m0/s1. The minimum Gasteiger partial charge on any atom is -0.447 e. The molecule has 1 aromatic carbocycles. The molecule has 2 rings (SSSR count). The first-order valence-electron chi connectivity index (χ1n) is 7.08. The Kier molecular flexibility index (Phi) is 5.27. The number of benzene rings is 1. The van der Waals surface area contributed by atoms with Crippen LogP contribution in [0.5, 0.6) is 0 Å². The summed E-state index contributed by atoms with van der Waals surface area (Å²) < 4.78 is 17.6. The number of carbonyl (C=O) groups excluding carboxylic acids is 2. The van der Waals surface area contributed by atoms with Gasteiger partial charge in [-0.2, -0.15) is 0 Å². The van der Waals surface area contributed by atoms with Crippen molar-refractivity contribution in [2.24, 2.45) is 0 Å². The van der Waals surface area contributed by atoms with E-state index in [4.69, 9.17) is 4.74 Å². The van der Waals surface area contributed by atoms with Gasteiger partial charge in [0.25, 0.3) is 0 Å². The molecule has 0 spiro atoms. The molecule has 1 N–H and O–H groups in total.